The highest BCUT2D eigenvalue weighted by Crippen LogP contribution is 2.12. The van der Waals surface area contributed by atoms with Crippen LogP contribution in [0.4, 0.5) is 9.59 Å². The fourth-order valence-electron chi connectivity index (χ4n) is 2.63. The Hall–Kier alpha value is -2.60. The largest absolute Gasteiger partial charge is 0.418 e. The number of sulfone groups is 1. The fourth-order valence-corrected chi connectivity index (χ4v) is 3.91. The average Bonchev–Trinajstić information content (AvgIpc) is 2.62. The molecule has 0 aromatic heterocycles. The van der Waals surface area contributed by atoms with Crippen molar-refractivity contribution in [3.8, 4) is 6.07 Å². The van der Waals surface area contributed by atoms with Crippen LogP contribution in [0.1, 0.15) is 30.4 Å². The molecule has 140 valence electrons. The molecule has 0 saturated carbocycles. The monoisotopic (exact) mass is 379 g/mol. The molecule has 0 bridgehead atoms. The third-order valence-corrected chi connectivity index (χ3v) is 5.57. The summed E-state index contributed by atoms with van der Waals surface area (Å²) in [4.78, 5) is 24.9. The van der Waals surface area contributed by atoms with Crippen molar-refractivity contribution in [3.05, 3.63) is 35.4 Å². The zero-order chi connectivity index (χ0) is 19.0. The van der Waals surface area contributed by atoms with Crippen molar-refractivity contribution in [2.24, 2.45) is 0 Å². The van der Waals surface area contributed by atoms with Gasteiger partial charge in [-0.05, 0) is 30.9 Å². The molecule has 1 N–H and O–H groups in total. The molecular weight excluding hydrogens is 358 g/mol. The number of rotatable bonds is 5. The van der Waals surface area contributed by atoms with Gasteiger partial charge in [-0.1, -0.05) is 18.2 Å². The second-order valence-corrected chi connectivity index (χ2v) is 8.17. The Morgan fingerprint density at radius 2 is 1.88 bits per heavy atom. The second kappa shape index (κ2) is 9.20. The first-order valence-corrected chi connectivity index (χ1v) is 10.2. The molecule has 1 aromatic carbocycles. The summed E-state index contributed by atoms with van der Waals surface area (Å²) in [5.74, 6) is -0.611. The Morgan fingerprint density at radius 3 is 2.58 bits per heavy atom. The van der Waals surface area contributed by atoms with E-state index in [0.29, 0.717) is 24.2 Å². The number of alkyl carbamates (subject to hydrolysis) is 1. The number of piperidine rings is 1. The molecule has 0 atom stereocenters. The first-order chi connectivity index (χ1) is 12.4. The zero-order valence-corrected chi connectivity index (χ0v) is 15.1. The lowest BCUT2D eigenvalue weighted by Gasteiger charge is -2.25. The number of hydrogen-bond acceptors (Lipinski definition) is 6. The summed E-state index contributed by atoms with van der Waals surface area (Å²) >= 11 is 0. The summed E-state index contributed by atoms with van der Waals surface area (Å²) in [6, 6.07) is 8.39. The van der Waals surface area contributed by atoms with Crippen LogP contribution in [0.15, 0.2) is 24.3 Å². The highest BCUT2D eigenvalue weighted by molar-refractivity contribution is 7.90. The summed E-state index contributed by atoms with van der Waals surface area (Å²) in [7, 11) is -3.53. The summed E-state index contributed by atoms with van der Waals surface area (Å²) in [5, 5.41) is 11.3. The van der Waals surface area contributed by atoms with E-state index in [0.717, 1.165) is 19.3 Å². The Morgan fingerprint density at radius 1 is 1.19 bits per heavy atom. The van der Waals surface area contributed by atoms with Crippen LogP contribution in [-0.4, -0.2) is 50.9 Å². The topological polar surface area (TPSA) is 117 Å². The van der Waals surface area contributed by atoms with Gasteiger partial charge in [-0.3, -0.25) is 0 Å². The highest BCUT2D eigenvalue weighted by atomic mass is 32.2. The van der Waals surface area contributed by atoms with Crippen molar-refractivity contribution >= 4 is 22.0 Å². The van der Waals surface area contributed by atoms with Gasteiger partial charge < -0.3 is 15.0 Å². The molecule has 26 heavy (non-hydrogen) atoms. The quantitative estimate of drug-likeness (QED) is 0.780. The number of carbonyl (C=O) groups is 2. The smallest absolute Gasteiger partial charge is 0.359 e. The van der Waals surface area contributed by atoms with Crippen molar-refractivity contribution in [2.75, 3.05) is 25.4 Å². The second-order valence-electron chi connectivity index (χ2n) is 5.99. The number of ether oxygens (including phenoxy) is 1. The Labute approximate surface area is 152 Å². The van der Waals surface area contributed by atoms with E-state index < -0.39 is 22.0 Å². The van der Waals surface area contributed by atoms with Crippen LogP contribution in [-0.2, 0) is 20.3 Å². The fraction of sp³-hybridized carbons (Fsp3) is 0.471. The van der Waals surface area contributed by atoms with Crippen LogP contribution in [0.25, 0.3) is 0 Å². The maximum absolute atomic E-state index is 12.1. The lowest BCUT2D eigenvalue weighted by molar-refractivity contribution is 0.111. The summed E-state index contributed by atoms with van der Waals surface area (Å²) < 4.78 is 28.9. The first-order valence-electron chi connectivity index (χ1n) is 8.34. The van der Waals surface area contributed by atoms with Gasteiger partial charge in [-0.2, -0.15) is 5.26 Å². The third kappa shape index (κ3) is 6.04. The SMILES string of the molecule is N#Cc1ccccc1CS(=O)(=O)CCNC(=O)OC(=O)N1CCCCC1. The minimum Gasteiger partial charge on any atom is -0.359 e. The van der Waals surface area contributed by atoms with Crippen LogP contribution >= 0.6 is 0 Å². The van der Waals surface area contributed by atoms with E-state index >= 15 is 0 Å². The molecule has 0 radical (unpaired) electrons. The molecule has 1 heterocycles. The molecule has 1 saturated heterocycles. The van der Waals surface area contributed by atoms with Crippen molar-refractivity contribution in [1.82, 2.24) is 10.2 Å². The predicted molar refractivity (Wildman–Crippen MR) is 94.0 cm³/mol. The molecule has 1 aliphatic heterocycles. The molecule has 1 aliphatic rings. The van der Waals surface area contributed by atoms with Crippen molar-refractivity contribution in [3.63, 3.8) is 0 Å². The predicted octanol–water partition coefficient (Wildman–Crippen LogP) is 1.81. The number of nitrogens with zero attached hydrogens (tertiary/aromatic N) is 2. The molecule has 0 spiro atoms. The van der Waals surface area contributed by atoms with E-state index in [9.17, 15) is 18.0 Å². The number of hydrogen-bond donors (Lipinski definition) is 1. The maximum Gasteiger partial charge on any atom is 0.418 e. The van der Waals surface area contributed by atoms with E-state index in [-0.39, 0.29) is 18.1 Å². The normalized spacial score (nSPS) is 14.3. The number of carbonyl (C=O) groups excluding carboxylic acids is 2. The van der Waals surface area contributed by atoms with Crippen LogP contribution in [0.2, 0.25) is 0 Å². The van der Waals surface area contributed by atoms with Gasteiger partial charge >= 0.3 is 12.2 Å². The van der Waals surface area contributed by atoms with Crippen molar-refractivity contribution < 1.29 is 22.7 Å². The lowest BCUT2D eigenvalue weighted by Crippen LogP contribution is -2.40. The minimum atomic E-state index is -3.53. The van der Waals surface area contributed by atoms with Gasteiger partial charge in [-0.15, -0.1) is 0 Å². The van der Waals surface area contributed by atoms with E-state index in [2.05, 4.69) is 10.1 Å². The van der Waals surface area contributed by atoms with Gasteiger partial charge in [0.15, 0.2) is 9.84 Å². The number of likely N-dealkylation sites (tertiary alicyclic amines) is 1. The molecule has 1 fully saturated rings. The molecule has 2 amide bonds. The zero-order valence-electron chi connectivity index (χ0n) is 14.3. The van der Waals surface area contributed by atoms with E-state index in [1.807, 2.05) is 6.07 Å². The molecule has 0 unspecified atom stereocenters. The molecule has 8 nitrogen and oxygen atoms in total. The van der Waals surface area contributed by atoms with Crippen LogP contribution in [0.3, 0.4) is 0 Å². The Bertz CT molecular complexity index is 795. The number of nitrogens with one attached hydrogen (secondary N) is 1. The van der Waals surface area contributed by atoms with Crippen LogP contribution in [0.5, 0.6) is 0 Å². The first kappa shape index (κ1) is 19.7. The molecule has 0 aliphatic carbocycles. The summed E-state index contributed by atoms with van der Waals surface area (Å²) in [5.41, 5.74) is 0.716. The van der Waals surface area contributed by atoms with Gasteiger partial charge in [0.2, 0.25) is 0 Å². The maximum atomic E-state index is 12.1. The van der Waals surface area contributed by atoms with E-state index in [1.165, 1.54) is 4.90 Å². The Kier molecular flexibility index (Phi) is 6.97. The summed E-state index contributed by atoms with van der Waals surface area (Å²) in [6.07, 6.45) is 1.11. The molecular formula is C17H21N3O5S. The average molecular weight is 379 g/mol. The molecule has 1 aromatic rings. The number of nitriles is 1. The molecule has 2 rings (SSSR count). The van der Waals surface area contributed by atoms with E-state index in [4.69, 9.17) is 5.26 Å². The van der Waals surface area contributed by atoms with Gasteiger partial charge in [0, 0.05) is 19.6 Å². The summed E-state index contributed by atoms with van der Waals surface area (Å²) in [6.45, 7) is 0.931. The van der Waals surface area contributed by atoms with Crippen LogP contribution < -0.4 is 5.32 Å². The number of amides is 2. The minimum absolute atomic E-state index is 0.177. The van der Waals surface area contributed by atoms with Crippen LogP contribution in [0, 0.1) is 11.3 Å². The Balaban J connectivity index is 1.78. The lowest BCUT2D eigenvalue weighted by atomic mass is 10.1. The van der Waals surface area contributed by atoms with Crippen molar-refractivity contribution in [2.45, 2.75) is 25.0 Å². The van der Waals surface area contributed by atoms with E-state index in [1.54, 1.807) is 24.3 Å². The third-order valence-electron chi connectivity index (χ3n) is 3.99. The van der Waals surface area contributed by atoms with Gasteiger partial charge in [0.25, 0.3) is 0 Å². The molecule has 9 heteroatoms. The number of benzene rings is 1. The van der Waals surface area contributed by atoms with Gasteiger partial charge in [-0.25, -0.2) is 18.0 Å². The highest BCUT2D eigenvalue weighted by Gasteiger charge is 2.21. The van der Waals surface area contributed by atoms with Gasteiger partial charge in [0.1, 0.15) is 0 Å². The van der Waals surface area contributed by atoms with Gasteiger partial charge in [0.05, 0.1) is 23.1 Å². The standard InChI is InChI=1S/C17H21N3O5S/c18-12-14-6-2-3-7-15(14)13-26(23,24)11-8-19-16(21)25-17(22)20-9-4-1-5-10-20/h2-3,6-7H,1,4-5,8-11,13H2,(H,19,21). The van der Waals surface area contributed by atoms with Crippen molar-refractivity contribution in [1.29, 1.82) is 5.26 Å².